The van der Waals surface area contributed by atoms with Crippen LogP contribution in [0.2, 0.25) is 0 Å². The molecule has 0 bridgehead atoms. The SMILES string of the molecule is N#Cc1[nH]cc2c1CCC1(CC2)OCCO1. The van der Waals surface area contributed by atoms with Crippen LogP contribution in [0.3, 0.4) is 0 Å². The predicted octanol–water partition coefficient (Wildman–Crippen LogP) is 1.51. The zero-order valence-electron chi connectivity index (χ0n) is 9.08. The van der Waals surface area contributed by atoms with Crippen molar-refractivity contribution in [3.8, 4) is 6.07 Å². The number of ether oxygens (including phenoxy) is 2. The van der Waals surface area contributed by atoms with E-state index in [0.717, 1.165) is 31.2 Å². The third-order valence-corrected chi connectivity index (χ3v) is 3.54. The van der Waals surface area contributed by atoms with E-state index in [4.69, 9.17) is 14.7 Å². The molecule has 1 fully saturated rings. The Hall–Kier alpha value is -1.31. The molecule has 0 atom stereocenters. The van der Waals surface area contributed by atoms with Gasteiger partial charge in [0.2, 0.25) is 0 Å². The van der Waals surface area contributed by atoms with Crippen LogP contribution >= 0.6 is 0 Å². The number of fused-ring (bicyclic) bond motifs is 1. The van der Waals surface area contributed by atoms with Gasteiger partial charge in [-0.25, -0.2) is 0 Å². The molecule has 2 heterocycles. The molecule has 1 spiro atoms. The lowest BCUT2D eigenvalue weighted by atomic mass is 10.1. The van der Waals surface area contributed by atoms with Crippen LogP contribution in [-0.2, 0) is 22.3 Å². The van der Waals surface area contributed by atoms with Crippen molar-refractivity contribution in [2.45, 2.75) is 31.5 Å². The van der Waals surface area contributed by atoms with Crippen molar-refractivity contribution in [2.75, 3.05) is 13.2 Å². The lowest BCUT2D eigenvalue weighted by Crippen LogP contribution is -2.30. The third kappa shape index (κ3) is 1.44. The normalized spacial score (nSPS) is 22.7. The summed E-state index contributed by atoms with van der Waals surface area (Å²) in [7, 11) is 0. The lowest BCUT2D eigenvalue weighted by Gasteiger charge is -2.25. The molecule has 2 aliphatic rings. The van der Waals surface area contributed by atoms with E-state index in [1.165, 1.54) is 5.56 Å². The van der Waals surface area contributed by atoms with Gasteiger partial charge in [-0.15, -0.1) is 0 Å². The van der Waals surface area contributed by atoms with Crippen molar-refractivity contribution < 1.29 is 9.47 Å². The molecular weight excluding hydrogens is 204 g/mol. The third-order valence-electron chi connectivity index (χ3n) is 3.54. The van der Waals surface area contributed by atoms with E-state index in [-0.39, 0.29) is 5.79 Å². The number of nitrogens with one attached hydrogen (secondary N) is 1. The Kier molecular flexibility index (Phi) is 2.23. The molecule has 16 heavy (non-hydrogen) atoms. The van der Waals surface area contributed by atoms with E-state index >= 15 is 0 Å². The van der Waals surface area contributed by atoms with Crippen LogP contribution in [0.1, 0.15) is 29.7 Å². The van der Waals surface area contributed by atoms with Crippen molar-refractivity contribution in [1.82, 2.24) is 4.98 Å². The van der Waals surface area contributed by atoms with E-state index in [1.807, 2.05) is 6.20 Å². The van der Waals surface area contributed by atoms with Gasteiger partial charge in [0.05, 0.1) is 13.2 Å². The van der Waals surface area contributed by atoms with Crippen molar-refractivity contribution in [3.05, 3.63) is 23.0 Å². The second kappa shape index (κ2) is 3.62. The fourth-order valence-electron chi connectivity index (χ4n) is 2.65. The number of nitriles is 1. The van der Waals surface area contributed by atoms with Crippen LogP contribution in [0.15, 0.2) is 6.20 Å². The zero-order valence-corrected chi connectivity index (χ0v) is 9.08. The van der Waals surface area contributed by atoms with Gasteiger partial charge in [-0.3, -0.25) is 0 Å². The van der Waals surface area contributed by atoms with E-state index in [2.05, 4.69) is 11.1 Å². The van der Waals surface area contributed by atoms with Crippen molar-refractivity contribution >= 4 is 0 Å². The minimum atomic E-state index is -0.376. The first kappa shape index (κ1) is 9.88. The van der Waals surface area contributed by atoms with Gasteiger partial charge in [0.15, 0.2) is 5.79 Å². The molecule has 1 aliphatic carbocycles. The maximum atomic E-state index is 8.99. The van der Waals surface area contributed by atoms with Gasteiger partial charge in [0, 0.05) is 19.0 Å². The van der Waals surface area contributed by atoms with Gasteiger partial charge in [-0.1, -0.05) is 0 Å². The van der Waals surface area contributed by atoms with Crippen LogP contribution in [-0.4, -0.2) is 24.0 Å². The Bertz CT molecular complexity index is 438. The average Bonchev–Trinajstić information content (AvgIpc) is 2.86. The zero-order chi connectivity index (χ0) is 11.0. The molecule has 4 heteroatoms. The highest BCUT2D eigenvalue weighted by Crippen LogP contribution is 2.35. The molecule has 4 nitrogen and oxygen atoms in total. The Labute approximate surface area is 94.2 Å². The first-order chi connectivity index (χ1) is 7.83. The fraction of sp³-hybridized carbons (Fsp3) is 0.583. The molecule has 84 valence electrons. The first-order valence-electron chi connectivity index (χ1n) is 5.70. The maximum absolute atomic E-state index is 8.99. The number of rotatable bonds is 0. The molecule has 1 saturated heterocycles. The molecule has 1 aromatic rings. The molecule has 1 aromatic heterocycles. The predicted molar refractivity (Wildman–Crippen MR) is 56.8 cm³/mol. The number of H-pyrrole nitrogens is 1. The Morgan fingerprint density at radius 2 is 2.00 bits per heavy atom. The standard InChI is InChI=1S/C12H14N2O2/c13-7-11-10-2-4-12(15-5-6-16-12)3-1-9(10)8-14-11/h8,14H,1-6H2. The molecule has 0 saturated carbocycles. The smallest absolute Gasteiger partial charge is 0.169 e. The highest BCUT2D eigenvalue weighted by Gasteiger charge is 2.38. The summed E-state index contributed by atoms with van der Waals surface area (Å²) < 4.78 is 11.4. The minimum absolute atomic E-state index is 0.376. The van der Waals surface area contributed by atoms with E-state index < -0.39 is 0 Å². The summed E-state index contributed by atoms with van der Waals surface area (Å²) in [5.41, 5.74) is 3.09. The average molecular weight is 218 g/mol. The number of nitrogens with zero attached hydrogens (tertiary/aromatic N) is 1. The van der Waals surface area contributed by atoms with Crippen LogP contribution in [0.25, 0.3) is 0 Å². The quantitative estimate of drug-likeness (QED) is 0.718. The van der Waals surface area contributed by atoms with Crippen molar-refractivity contribution in [3.63, 3.8) is 0 Å². The summed E-state index contributed by atoms with van der Waals surface area (Å²) in [4.78, 5) is 3.03. The lowest BCUT2D eigenvalue weighted by molar-refractivity contribution is -0.164. The number of hydrogen-bond donors (Lipinski definition) is 1. The molecule has 1 N–H and O–H groups in total. The monoisotopic (exact) mass is 218 g/mol. The van der Waals surface area contributed by atoms with Crippen molar-refractivity contribution in [2.24, 2.45) is 0 Å². The molecule has 3 rings (SSSR count). The van der Waals surface area contributed by atoms with Crippen LogP contribution in [0.4, 0.5) is 0 Å². The van der Waals surface area contributed by atoms with Crippen LogP contribution < -0.4 is 0 Å². The minimum Gasteiger partial charge on any atom is -0.353 e. The van der Waals surface area contributed by atoms with Gasteiger partial charge in [-0.2, -0.15) is 5.26 Å². The highest BCUT2D eigenvalue weighted by atomic mass is 16.7. The molecule has 0 amide bonds. The van der Waals surface area contributed by atoms with Gasteiger partial charge >= 0.3 is 0 Å². The molecule has 0 radical (unpaired) electrons. The number of aromatic amines is 1. The van der Waals surface area contributed by atoms with Gasteiger partial charge < -0.3 is 14.5 Å². The molecule has 0 unspecified atom stereocenters. The summed E-state index contributed by atoms with van der Waals surface area (Å²) in [5, 5.41) is 8.99. The number of aryl methyl sites for hydroxylation is 1. The molecule has 1 aliphatic heterocycles. The van der Waals surface area contributed by atoms with Gasteiger partial charge in [0.25, 0.3) is 0 Å². The highest BCUT2D eigenvalue weighted by molar-refractivity contribution is 5.39. The molecule has 0 aromatic carbocycles. The second-order valence-corrected chi connectivity index (χ2v) is 4.39. The summed E-state index contributed by atoms with van der Waals surface area (Å²) in [5.74, 6) is -0.376. The Balaban J connectivity index is 1.88. The van der Waals surface area contributed by atoms with E-state index in [1.54, 1.807) is 0 Å². The molecular formula is C12H14N2O2. The van der Waals surface area contributed by atoms with Gasteiger partial charge in [-0.05, 0) is 24.0 Å². The number of hydrogen-bond acceptors (Lipinski definition) is 3. The first-order valence-corrected chi connectivity index (χ1v) is 5.70. The van der Waals surface area contributed by atoms with E-state index in [9.17, 15) is 0 Å². The summed E-state index contributed by atoms with van der Waals surface area (Å²) in [6.07, 6.45) is 5.48. The van der Waals surface area contributed by atoms with E-state index in [0.29, 0.717) is 18.9 Å². The Morgan fingerprint density at radius 3 is 2.75 bits per heavy atom. The second-order valence-electron chi connectivity index (χ2n) is 4.39. The summed E-state index contributed by atoms with van der Waals surface area (Å²) >= 11 is 0. The van der Waals surface area contributed by atoms with Gasteiger partial charge in [0.1, 0.15) is 11.8 Å². The van der Waals surface area contributed by atoms with Crippen LogP contribution in [0, 0.1) is 11.3 Å². The fourth-order valence-corrected chi connectivity index (χ4v) is 2.65. The topological polar surface area (TPSA) is 58.0 Å². The Morgan fingerprint density at radius 1 is 1.25 bits per heavy atom. The number of aromatic nitrogens is 1. The summed E-state index contributed by atoms with van der Waals surface area (Å²) in [6, 6.07) is 2.20. The maximum Gasteiger partial charge on any atom is 0.169 e. The summed E-state index contributed by atoms with van der Waals surface area (Å²) in [6.45, 7) is 1.39. The van der Waals surface area contributed by atoms with Crippen LogP contribution in [0.5, 0.6) is 0 Å². The van der Waals surface area contributed by atoms with Crippen molar-refractivity contribution in [1.29, 1.82) is 5.26 Å². The largest absolute Gasteiger partial charge is 0.353 e.